The average molecular weight is 406 g/mol. The van der Waals surface area contributed by atoms with Crippen molar-refractivity contribution in [2.24, 2.45) is 5.73 Å². The number of H-pyrrole nitrogens is 1. The van der Waals surface area contributed by atoms with Gasteiger partial charge in [-0.1, -0.05) is 35.0 Å². The third-order valence-corrected chi connectivity index (χ3v) is 4.46. The molecule has 0 saturated carbocycles. The number of rotatable bonds is 6. The summed E-state index contributed by atoms with van der Waals surface area (Å²) in [6, 6.07) is 6.02. The van der Waals surface area contributed by atoms with E-state index in [1.807, 2.05) is 13.0 Å². The van der Waals surface area contributed by atoms with Crippen LogP contribution in [0.25, 0.3) is 0 Å². The van der Waals surface area contributed by atoms with Crippen molar-refractivity contribution in [3.63, 3.8) is 0 Å². The number of amides is 2. The molecule has 0 spiro atoms. The summed E-state index contributed by atoms with van der Waals surface area (Å²) >= 11 is 3.33. The highest BCUT2D eigenvalue weighted by atomic mass is 79.9. The Bertz CT molecular complexity index is 842. The Kier molecular flexibility index (Phi) is 5.79. The summed E-state index contributed by atoms with van der Waals surface area (Å²) in [4.78, 5) is 39.4. The number of Topliss-reactive ketones (excluding diaryl/α,β-unsaturated/α-hetero) is 1. The number of carbonyl (C=O) groups is 3. The molecule has 7 heteroatoms. The van der Waals surface area contributed by atoms with Gasteiger partial charge in [0.2, 0.25) is 5.91 Å². The second-order valence-electron chi connectivity index (χ2n) is 5.75. The van der Waals surface area contributed by atoms with Gasteiger partial charge < -0.3 is 16.0 Å². The number of nitrogens with one attached hydrogen (secondary N) is 2. The molecule has 2 rings (SSSR count). The first-order valence-corrected chi connectivity index (χ1v) is 8.63. The maximum Gasteiger partial charge on any atom is 0.268 e. The second-order valence-corrected chi connectivity index (χ2v) is 6.67. The highest BCUT2D eigenvalue weighted by Gasteiger charge is 2.26. The molecule has 0 fully saturated rings. The molecule has 1 atom stereocenters. The Balaban J connectivity index is 2.39. The minimum atomic E-state index is -0.973. The van der Waals surface area contributed by atoms with Crippen LogP contribution in [0.4, 0.5) is 0 Å². The number of ketones is 1. The highest BCUT2D eigenvalue weighted by Crippen LogP contribution is 2.22. The molecule has 1 aromatic heterocycles. The molecule has 0 unspecified atom stereocenters. The van der Waals surface area contributed by atoms with Crippen LogP contribution in [0, 0.1) is 6.92 Å². The number of aromatic nitrogens is 1. The SMILES string of the molecule is CCc1c(C(=O)N[C@@H](C(N)=O)c2cccc(Br)c2)[nH]c(C)c1C(C)=O. The van der Waals surface area contributed by atoms with Crippen LogP contribution in [0.1, 0.15) is 57.6 Å². The molecule has 6 nitrogen and oxygen atoms in total. The maximum atomic E-state index is 12.7. The van der Waals surface area contributed by atoms with Crippen LogP contribution in [-0.2, 0) is 11.2 Å². The van der Waals surface area contributed by atoms with Crippen molar-refractivity contribution in [1.82, 2.24) is 10.3 Å². The molecule has 0 bridgehead atoms. The van der Waals surface area contributed by atoms with E-state index in [0.29, 0.717) is 28.8 Å². The Morgan fingerprint density at radius 2 is 2.00 bits per heavy atom. The zero-order chi connectivity index (χ0) is 18.7. The third-order valence-electron chi connectivity index (χ3n) is 3.97. The second kappa shape index (κ2) is 7.65. The van der Waals surface area contributed by atoms with Gasteiger partial charge in [0.1, 0.15) is 11.7 Å². The van der Waals surface area contributed by atoms with Crippen LogP contribution < -0.4 is 11.1 Å². The Morgan fingerprint density at radius 1 is 1.32 bits per heavy atom. The number of nitrogens with two attached hydrogens (primary N) is 1. The Labute approximate surface area is 154 Å². The van der Waals surface area contributed by atoms with Crippen LogP contribution in [0.15, 0.2) is 28.7 Å². The number of hydrogen-bond acceptors (Lipinski definition) is 3. The fourth-order valence-corrected chi connectivity index (χ4v) is 3.33. The quantitative estimate of drug-likeness (QED) is 0.643. The summed E-state index contributed by atoms with van der Waals surface area (Å²) < 4.78 is 0.773. The zero-order valence-corrected chi connectivity index (χ0v) is 15.9. The van der Waals surface area contributed by atoms with Gasteiger partial charge in [0.05, 0.1) is 0 Å². The predicted octanol–water partition coefficient (Wildman–Crippen LogP) is 2.81. The highest BCUT2D eigenvalue weighted by molar-refractivity contribution is 9.10. The lowest BCUT2D eigenvalue weighted by Crippen LogP contribution is -2.38. The molecule has 0 aliphatic heterocycles. The van der Waals surface area contributed by atoms with Gasteiger partial charge >= 0.3 is 0 Å². The monoisotopic (exact) mass is 405 g/mol. The van der Waals surface area contributed by atoms with Gasteiger partial charge in [-0.2, -0.15) is 0 Å². The molecule has 1 aromatic carbocycles. The maximum absolute atomic E-state index is 12.7. The first kappa shape index (κ1) is 18.9. The minimum Gasteiger partial charge on any atom is -0.368 e. The van der Waals surface area contributed by atoms with E-state index in [4.69, 9.17) is 5.73 Å². The van der Waals surface area contributed by atoms with Crippen molar-refractivity contribution in [2.45, 2.75) is 33.2 Å². The van der Waals surface area contributed by atoms with Gasteiger partial charge in [-0.05, 0) is 43.5 Å². The van der Waals surface area contributed by atoms with Gasteiger partial charge in [-0.25, -0.2) is 0 Å². The Morgan fingerprint density at radius 3 is 2.52 bits per heavy atom. The summed E-state index contributed by atoms with van der Waals surface area (Å²) in [6.45, 7) is 5.07. The van der Waals surface area contributed by atoms with Gasteiger partial charge in [0.15, 0.2) is 5.78 Å². The minimum absolute atomic E-state index is 0.108. The molecule has 0 aliphatic rings. The first-order valence-electron chi connectivity index (χ1n) is 7.84. The van der Waals surface area contributed by atoms with E-state index < -0.39 is 17.9 Å². The van der Waals surface area contributed by atoms with Gasteiger partial charge in [-0.15, -0.1) is 0 Å². The normalized spacial score (nSPS) is 11.8. The summed E-state index contributed by atoms with van der Waals surface area (Å²) in [5, 5.41) is 2.65. The molecule has 25 heavy (non-hydrogen) atoms. The summed E-state index contributed by atoms with van der Waals surface area (Å²) in [6.07, 6.45) is 0.514. The van der Waals surface area contributed by atoms with E-state index in [1.54, 1.807) is 25.1 Å². The van der Waals surface area contributed by atoms with E-state index in [9.17, 15) is 14.4 Å². The first-order chi connectivity index (χ1) is 11.8. The van der Waals surface area contributed by atoms with Crippen molar-refractivity contribution < 1.29 is 14.4 Å². The summed E-state index contributed by atoms with van der Waals surface area (Å²) in [5.74, 6) is -1.25. The molecule has 1 heterocycles. The van der Waals surface area contributed by atoms with Gasteiger partial charge in [0, 0.05) is 15.7 Å². The van der Waals surface area contributed by atoms with Crippen molar-refractivity contribution in [3.8, 4) is 0 Å². The van der Waals surface area contributed by atoms with Gasteiger partial charge in [-0.3, -0.25) is 14.4 Å². The molecule has 132 valence electrons. The van der Waals surface area contributed by atoms with E-state index >= 15 is 0 Å². The van der Waals surface area contributed by atoms with E-state index in [1.165, 1.54) is 6.92 Å². The number of benzene rings is 1. The molecule has 2 aromatic rings. The van der Waals surface area contributed by atoms with E-state index in [0.717, 1.165) is 4.47 Å². The topological polar surface area (TPSA) is 105 Å². The molecular formula is C18H20BrN3O3. The smallest absolute Gasteiger partial charge is 0.268 e. The number of aryl methyl sites for hydroxylation is 1. The number of hydrogen-bond donors (Lipinski definition) is 3. The van der Waals surface area contributed by atoms with Crippen LogP contribution in [0.2, 0.25) is 0 Å². The zero-order valence-electron chi connectivity index (χ0n) is 14.3. The number of aromatic amines is 1. The van der Waals surface area contributed by atoms with Crippen molar-refractivity contribution in [1.29, 1.82) is 0 Å². The molecule has 0 saturated heterocycles. The molecule has 0 radical (unpaired) electrons. The van der Waals surface area contributed by atoms with Crippen LogP contribution >= 0.6 is 15.9 Å². The lowest BCUT2D eigenvalue weighted by molar-refractivity contribution is -0.120. The molecule has 2 amide bonds. The number of carbonyl (C=O) groups excluding carboxylic acids is 3. The molecule has 4 N–H and O–H groups in total. The van der Waals surface area contributed by atoms with E-state index in [-0.39, 0.29) is 11.5 Å². The molecular weight excluding hydrogens is 386 g/mol. The predicted molar refractivity (Wildman–Crippen MR) is 98.5 cm³/mol. The Hall–Kier alpha value is -2.41. The number of halogens is 1. The fraction of sp³-hybridized carbons (Fsp3) is 0.278. The van der Waals surface area contributed by atoms with E-state index in [2.05, 4.69) is 26.2 Å². The number of primary amides is 1. The van der Waals surface area contributed by atoms with Crippen LogP contribution in [-0.4, -0.2) is 22.6 Å². The van der Waals surface area contributed by atoms with Crippen molar-refractivity contribution in [3.05, 3.63) is 56.8 Å². The summed E-state index contributed by atoms with van der Waals surface area (Å²) in [5.41, 5.74) is 8.11. The largest absolute Gasteiger partial charge is 0.368 e. The third kappa shape index (κ3) is 3.99. The lowest BCUT2D eigenvalue weighted by Gasteiger charge is -2.16. The van der Waals surface area contributed by atoms with Crippen LogP contribution in [0.3, 0.4) is 0 Å². The van der Waals surface area contributed by atoms with Crippen LogP contribution in [0.5, 0.6) is 0 Å². The average Bonchev–Trinajstić information content (AvgIpc) is 2.88. The van der Waals surface area contributed by atoms with Crippen molar-refractivity contribution >= 4 is 33.5 Å². The standard InChI is InChI=1S/C18H20BrN3O3/c1-4-13-14(10(3)23)9(2)21-16(13)18(25)22-15(17(20)24)11-6-5-7-12(19)8-11/h5-8,15,21H,4H2,1-3H3,(H2,20,24)(H,22,25)/t15-/m1/s1. The molecule has 0 aliphatic carbocycles. The fourth-order valence-electron chi connectivity index (χ4n) is 2.91. The summed E-state index contributed by atoms with van der Waals surface area (Å²) in [7, 11) is 0. The van der Waals surface area contributed by atoms with Gasteiger partial charge in [0.25, 0.3) is 5.91 Å². The lowest BCUT2D eigenvalue weighted by atomic mass is 10.0. The van der Waals surface area contributed by atoms with Crippen molar-refractivity contribution in [2.75, 3.05) is 0 Å².